The van der Waals surface area contributed by atoms with Crippen LogP contribution in [0.5, 0.6) is 0 Å². The molecule has 0 aliphatic heterocycles. The van der Waals surface area contributed by atoms with Crippen molar-refractivity contribution in [1.82, 2.24) is 25.5 Å². The van der Waals surface area contributed by atoms with E-state index in [0.717, 1.165) is 27.0 Å². The van der Waals surface area contributed by atoms with Gasteiger partial charge in [0.2, 0.25) is 0 Å². The first-order valence-electron chi connectivity index (χ1n) is 6.10. The van der Waals surface area contributed by atoms with Crippen LogP contribution in [0.3, 0.4) is 0 Å². The number of ether oxygens (including phenoxy) is 1. The van der Waals surface area contributed by atoms with Crippen LogP contribution in [0.25, 0.3) is 5.69 Å². The van der Waals surface area contributed by atoms with Crippen LogP contribution in [0, 0.1) is 0 Å². The molecule has 0 radical (unpaired) electrons. The average Bonchev–Trinajstić information content (AvgIpc) is 2.88. The lowest BCUT2D eigenvalue weighted by molar-refractivity contribution is 0.196. The molecule has 108 valence electrons. The van der Waals surface area contributed by atoms with E-state index in [9.17, 15) is 0 Å². The molecule has 0 bridgehead atoms. The lowest BCUT2D eigenvalue weighted by atomic mass is 10.3. The number of rotatable bonds is 6. The second-order valence-electron chi connectivity index (χ2n) is 4.19. The number of aromatic nitrogens is 4. The molecular formula is C12H15Br2N5O. The predicted octanol–water partition coefficient (Wildman–Crippen LogP) is 2.48. The number of methoxy groups -OCH3 is 1. The summed E-state index contributed by atoms with van der Waals surface area (Å²) >= 11 is 7.06. The number of para-hydroxylation sites is 1. The Morgan fingerprint density at radius 1 is 1.35 bits per heavy atom. The molecule has 1 atom stereocenters. The first kappa shape index (κ1) is 15.6. The van der Waals surface area contributed by atoms with Gasteiger partial charge in [0.05, 0.1) is 18.3 Å². The van der Waals surface area contributed by atoms with E-state index in [1.165, 1.54) is 0 Å². The Hall–Kier alpha value is -0.830. The van der Waals surface area contributed by atoms with Crippen molar-refractivity contribution in [2.24, 2.45) is 0 Å². The van der Waals surface area contributed by atoms with Crippen molar-refractivity contribution in [3.05, 3.63) is 33.0 Å². The zero-order chi connectivity index (χ0) is 14.5. The number of hydrogen-bond acceptors (Lipinski definition) is 5. The van der Waals surface area contributed by atoms with Gasteiger partial charge in [-0.1, -0.05) is 6.07 Å². The number of nitrogens with one attached hydrogen (secondary N) is 1. The lowest BCUT2D eigenvalue weighted by Gasteiger charge is -2.14. The number of halogens is 2. The molecule has 0 aliphatic carbocycles. The van der Waals surface area contributed by atoms with Crippen molar-refractivity contribution in [3.63, 3.8) is 0 Å². The molecule has 2 aromatic rings. The van der Waals surface area contributed by atoms with Gasteiger partial charge in [0.25, 0.3) is 0 Å². The smallest absolute Gasteiger partial charge is 0.173 e. The number of nitrogens with zero attached hydrogens (tertiary/aromatic N) is 4. The van der Waals surface area contributed by atoms with E-state index in [4.69, 9.17) is 4.74 Å². The minimum Gasteiger partial charge on any atom is -0.383 e. The number of hydrogen-bond donors (Lipinski definition) is 1. The largest absolute Gasteiger partial charge is 0.383 e. The van der Waals surface area contributed by atoms with Gasteiger partial charge in [-0.3, -0.25) is 0 Å². The van der Waals surface area contributed by atoms with E-state index >= 15 is 0 Å². The maximum atomic E-state index is 5.03. The van der Waals surface area contributed by atoms with Gasteiger partial charge < -0.3 is 10.1 Å². The van der Waals surface area contributed by atoms with E-state index < -0.39 is 0 Å². The fourth-order valence-electron chi connectivity index (χ4n) is 1.78. The maximum Gasteiger partial charge on any atom is 0.173 e. The van der Waals surface area contributed by atoms with Crippen molar-refractivity contribution in [3.8, 4) is 5.69 Å². The molecule has 1 N–H and O–H groups in total. The monoisotopic (exact) mass is 403 g/mol. The van der Waals surface area contributed by atoms with Crippen LogP contribution in [-0.2, 0) is 4.74 Å². The van der Waals surface area contributed by atoms with Crippen LogP contribution < -0.4 is 5.32 Å². The zero-order valence-electron chi connectivity index (χ0n) is 11.2. The van der Waals surface area contributed by atoms with Crippen molar-refractivity contribution >= 4 is 31.9 Å². The third-order valence-corrected chi connectivity index (χ3v) is 4.07. The molecule has 8 heteroatoms. The van der Waals surface area contributed by atoms with Gasteiger partial charge in [-0.05, 0) is 61.3 Å². The fourth-order valence-corrected chi connectivity index (χ4v) is 3.12. The Morgan fingerprint density at radius 2 is 2.05 bits per heavy atom. The summed E-state index contributed by atoms with van der Waals surface area (Å²) in [7, 11) is 1.68. The van der Waals surface area contributed by atoms with Gasteiger partial charge in [-0.25, -0.2) is 0 Å². The van der Waals surface area contributed by atoms with Crippen LogP contribution in [0.2, 0.25) is 0 Å². The highest BCUT2D eigenvalue weighted by Gasteiger charge is 2.18. The molecule has 0 saturated heterocycles. The maximum absolute atomic E-state index is 5.03. The summed E-state index contributed by atoms with van der Waals surface area (Å²) < 4.78 is 8.59. The normalized spacial score (nSPS) is 12.6. The molecule has 1 heterocycles. The Balaban J connectivity index is 2.28. The summed E-state index contributed by atoms with van der Waals surface area (Å²) in [6.07, 6.45) is 0. The Labute approximate surface area is 134 Å². The summed E-state index contributed by atoms with van der Waals surface area (Å²) in [6.45, 7) is 3.40. The van der Waals surface area contributed by atoms with Crippen molar-refractivity contribution in [2.45, 2.75) is 13.0 Å². The van der Waals surface area contributed by atoms with Crippen molar-refractivity contribution in [2.75, 3.05) is 20.3 Å². The molecule has 0 fully saturated rings. The molecule has 0 spiro atoms. The van der Waals surface area contributed by atoms with Crippen molar-refractivity contribution < 1.29 is 4.74 Å². The minimum absolute atomic E-state index is 0.0131. The van der Waals surface area contributed by atoms with Gasteiger partial charge in [0, 0.05) is 22.6 Å². The number of benzene rings is 1. The first-order valence-corrected chi connectivity index (χ1v) is 7.68. The molecule has 6 nitrogen and oxygen atoms in total. The molecule has 2 rings (SSSR count). The quantitative estimate of drug-likeness (QED) is 0.749. The summed E-state index contributed by atoms with van der Waals surface area (Å²) in [4.78, 5) is 0. The molecule has 0 amide bonds. The van der Waals surface area contributed by atoms with Crippen molar-refractivity contribution in [1.29, 1.82) is 0 Å². The molecule has 1 unspecified atom stereocenters. The first-order chi connectivity index (χ1) is 9.65. The minimum atomic E-state index is 0.0131. The zero-order valence-corrected chi connectivity index (χ0v) is 14.3. The Morgan fingerprint density at radius 3 is 2.70 bits per heavy atom. The molecule has 0 aliphatic rings. The molecular weight excluding hydrogens is 390 g/mol. The van der Waals surface area contributed by atoms with E-state index in [2.05, 4.69) is 52.7 Å². The Bertz CT molecular complexity index is 554. The third kappa shape index (κ3) is 3.43. The highest BCUT2D eigenvalue weighted by Crippen LogP contribution is 2.29. The lowest BCUT2D eigenvalue weighted by Crippen LogP contribution is -2.25. The summed E-state index contributed by atoms with van der Waals surface area (Å²) in [5, 5.41) is 15.3. The summed E-state index contributed by atoms with van der Waals surface area (Å²) in [5.74, 6) is 0.744. The van der Waals surface area contributed by atoms with Crippen LogP contribution >= 0.6 is 31.9 Å². The highest BCUT2D eigenvalue weighted by molar-refractivity contribution is 9.11. The Kier molecular flexibility index (Phi) is 5.64. The second kappa shape index (κ2) is 7.26. The molecule has 0 saturated carbocycles. The van der Waals surface area contributed by atoms with E-state index in [1.807, 2.05) is 25.1 Å². The highest BCUT2D eigenvalue weighted by atomic mass is 79.9. The van der Waals surface area contributed by atoms with Gasteiger partial charge in [-0.15, -0.1) is 5.10 Å². The third-order valence-electron chi connectivity index (χ3n) is 2.79. The van der Waals surface area contributed by atoms with Crippen LogP contribution in [-0.4, -0.2) is 40.5 Å². The SMILES string of the molecule is COCCNC(C)c1nnnn1-c1c(Br)cccc1Br. The molecule has 1 aromatic heterocycles. The average molecular weight is 405 g/mol. The second-order valence-corrected chi connectivity index (χ2v) is 5.90. The fraction of sp³-hybridized carbons (Fsp3) is 0.417. The number of tetrazole rings is 1. The molecule has 20 heavy (non-hydrogen) atoms. The van der Waals surface area contributed by atoms with Gasteiger partial charge in [-0.2, -0.15) is 4.68 Å². The summed E-state index contributed by atoms with van der Waals surface area (Å²) in [6, 6.07) is 5.87. The van der Waals surface area contributed by atoms with Crippen LogP contribution in [0.4, 0.5) is 0 Å². The standard InChI is InChI=1S/C12H15Br2N5O/c1-8(15-6-7-20-2)12-16-17-18-19(12)11-9(13)4-3-5-10(11)14/h3-5,8,15H,6-7H2,1-2H3. The van der Waals surface area contributed by atoms with Crippen LogP contribution in [0.15, 0.2) is 27.1 Å². The van der Waals surface area contributed by atoms with E-state index in [-0.39, 0.29) is 6.04 Å². The predicted molar refractivity (Wildman–Crippen MR) is 82.8 cm³/mol. The van der Waals surface area contributed by atoms with E-state index in [0.29, 0.717) is 6.61 Å². The van der Waals surface area contributed by atoms with E-state index in [1.54, 1.807) is 11.8 Å². The van der Waals surface area contributed by atoms with Crippen LogP contribution in [0.1, 0.15) is 18.8 Å². The van der Waals surface area contributed by atoms with Gasteiger partial charge >= 0.3 is 0 Å². The molecule has 1 aromatic carbocycles. The summed E-state index contributed by atoms with van der Waals surface area (Å²) in [5.41, 5.74) is 0.882. The van der Waals surface area contributed by atoms with Gasteiger partial charge in [0.1, 0.15) is 0 Å². The van der Waals surface area contributed by atoms with Gasteiger partial charge in [0.15, 0.2) is 5.82 Å². The topological polar surface area (TPSA) is 64.9 Å².